The highest BCUT2D eigenvalue weighted by molar-refractivity contribution is 5.80. The van der Waals surface area contributed by atoms with E-state index in [0.29, 0.717) is 6.04 Å². The average molecular weight is 488 g/mol. The van der Waals surface area contributed by atoms with Gasteiger partial charge in [-0.05, 0) is 75.8 Å². The van der Waals surface area contributed by atoms with E-state index in [1.54, 1.807) is 0 Å². The molecule has 2 aliphatic heterocycles. The molecular weight excluding hydrogens is 446 g/mol. The number of imidazole rings is 1. The third kappa shape index (κ3) is 5.59. The van der Waals surface area contributed by atoms with E-state index in [-0.39, 0.29) is 11.8 Å². The van der Waals surface area contributed by atoms with Crippen LogP contribution in [-0.2, 0) is 11.3 Å². The number of likely N-dealkylation sites (tertiary alicyclic amines) is 1. The summed E-state index contributed by atoms with van der Waals surface area (Å²) in [5, 5.41) is 3.23. The number of carbonyl (C=O) groups excluding carboxylic acids is 1. The topological polar surface area (TPSA) is 53.4 Å². The molecule has 6 nitrogen and oxygen atoms in total. The Hall–Kier alpha value is -2.86. The minimum absolute atomic E-state index is 0.101. The van der Waals surface area contributed by atoms with Gasteiger partial charge in [0.05, 0.1) is 17.6 Å². The normalized spacial score (nSPS) is 19.6. The van der Waals surface area contributed by atoms with Gasteiger partial charge in [-0.15, -0.1) is 0 Å². The average Bonchev–Trinajstić information content (AvgIpc) is 3.27. The van der Waals surface area contributed by atoms with Crippen LogP contribution >= 0.6 is 0 Å². The number of hydrogen-bond donors (Lipinski definition) is 1. The number of para-hydroxylation sites is 2. The van der Waals surface area contributed by atoms with E-state index in [1.165, 1.54) is 42.5 Å². The quantitative estimate of drug-likeness (QED) is 0.455. The minimum Gasteiger partial charge on any atom is -0.356 e. The fraction of sp³-hybridized carbons (Fsp3) is 0.533. The molecule has 5 rings (SSSR count). The molecule has 0 unspecified atom stereocenters. The first-order valence-electron chi connectivity index (χ1n) is 13.9. The van der Waals surface area contributed by atoms with Crippen molar-refractivity contribution in [3.05, 3.63) is 59.7 Å². The minimum atomic E-state index is 0.101. The molecule has 1 amide bonds. The first-order chi connectivity index (χ1) is 17.6. The molecule has 192 valence electrons. The summed E-state index contributed by atoms with van der Waals surface area (Å²) in [6, 6.07) is 17.7. The molecule has 0 aliphatic carbocycles. The Morgan fingerprint density at radius 3 is 2.58 bits per heavy atom. The number of hydrogen-bond acceptors (Lipinski definition) is 4. The van der Waals surface area contributed by atoms with Gasteiger partial charge in [0.1, 0.15) is 0 Å². The van der Waals surface area contributed by atoms with Crippen molar-refractivity contribution in [1.29, 1.82) is 0 Å². The second kappa shape index (κ2) is 11.5. The van der Waals surface area contributed by atoms with Crippen molar-refractivity contribution < 1.29 is 4.79 Å². The van der Waals surface area contributed by atoms with Crippen LogP contribution in [0.3, 0.4) is 0 Å². The number of nitrogens with one attached hydrogen (secondary N) is 1. The molecule has 0 radical (unpaired) electrons. The summed E-state index contributed by atoms with van der Waals surface area (Å²) in [5.74, 6) is 1.35. The molecule has 0 bridgehead atoms. The second-order valence-corrected chi connectivity index (χ2v) is 10.7. The number of fused-ring (bicyclic) bond motifs is 1. The van der Waals surface area contributed by atoms with E-state index >= 15 is 0 Å². The van der Waals surface area contributed by atoms with Crippen molar-refractivity contribution in [2.75, 3.05) is 37.6 Å². The van der Waals surface area contributed by atoms with E-state index in [9.17, 15) is 4.79 Å². The predicted molar refractivity (Wildman–Crippen MR) is 147 cm³/mol. The fourth-order valence-corrected chi connectivity index (χ4v) is 5.89. The first-order valence-corrected chi connectivity index (χ1v) is 13.9. The number of aromatic nitrogens is 2. The number of rotatable bonds is 8. The summed E-state index contributed by atoms with van der Waals surface area (Å²) in [4.78, 5) is 22.9. The molecule has 2 aliphatic rings. The Morgan fingerprint density at radius 1 is 1.00 bits per heavy atom. The number of anilines is 1. The van der Waals surface area contributed by atoms with Crippen LogP contribution in [0.4, 0.5) is 5.95 Å². The van der Waals surface area contributed by atoms with Crippen molar-refractivity contribution in [3.8, 4) is 0 Å². The first kappa shape index (κ1) is 24.8. The van der Waals surface area contributed by atoms with E-state index < -0.39 is 0 Å². The van der Waals surface area contributed by atoms with Crippen molar-refractivity contribution in [2.24, 2.45) is 5.92 Å². The van der Waals surface area contributed by atoms with Crippen LogP contribution in [0.25, 0.3) is 11.0 Å². The lowest BCUT2D eigenvalue weighted by Gasteiger charge is -2.33. The monoisotopic (exact) mass is 487 g/mol. The molecule has 2 aromatic carbocycles. The number of piperidine rings is 2. The maximum Gasteiger partial charge on any atom is 0.223 e. The smallest absolute Gasteiger partial charge is 0.223 e. The Morgan fingerprint density at radius 2 is 1.78 bits per heavy atom. The van der Waals surface area contributed by atoms with Gasteiger partial charge in [-0.2, -0.15) is 0 Å². The summed E-state index contributed by atoms with van der Waals surface area (Å²) in [7, 11) is 0. The van der Waals surface area contributed by atoms with E-state index in [2.05, 4.69) is 82.1 Å². The van der Waals surface area contributed by atoms with Gasteiger partial charge in [0.2, 0.25) is 11.9 Å². The van der Waals surface area contributed by atoms with Crippen LogP contribution < -0.4 is 10.2 Å². The standard InChI is InChI=1S/C30H41N5O/c1-23-10-3-4-12-26(23)22-35-28-14-6-5-13-27(28)32-30(35)34-20-15-25(16-21-34)29(36)31-17-9-19-33-18-8-7-11-24(33)2/h3-6,10,12-14,24-25H,7-9,11,15-22H2,1-2H3,(H,31,36)/t24-/m1/s1. The van der Waals surface area contributed by atoms with Crippen molar-refractivity contribution >= 4 is 22.9 Å². The number of nitrogens with zero attached hydrogens (tertiary/aromatic N) is 4. The van der Waals surface area contributed by atoms with Crippen LogP contribution in [-0.4, -0.2) is 59.1 Å². The zero-order valence-electron chi connectivity index (χ0n) is 22.0. The maximum atomic E-state index is 12.9. The Bertz CT molecular complexity index is 1160. The molecule has 3 aromatic rings. The summed E-state index contributed by atoms with van der Waals surface area (Å²) in [5.41, 5.74) is 4.81. The SMILES string of the molecule is Cc1ccccc1Cn1c(N2CCC(C(=O)NCCCN3CCCC[C@H]3C)CC2)nc2ccccc21. The van der Waals surface area contributed by atoms with Gasteiger partial charge in [-0.3, -0.25) is 4.79 Å². The Kier molecular flexibility index (Phi) is 7.90. The maximum absolute atomic E-state index is 12.9. The van der Waals surface area contributed by atoms with Gasteiger partial charge in [0, 0.05) is 38.1 Å². The van der Waals surface area contributed by atoms with Gasteiger partial charge in [-0.25, -0.2) is 4.98 Å². The largest absolute Gasteiger partial charge is 0.356 e. The van der Waals surface area contributed by atoms with Gasteiger partial charge in [0.15, 0.2) is 0 Å². The van der Waals surface area contributed by atoms with Crippen molar-refractivity contribution in [2.45, 2.75) is 65.0 Å². The highest BCUT2D eigenvalue weighted by Crippen LogP contribution is 2.28. The molecule has 2 saturated heterocycles. The summed E-state index contributed by atoms with van der Waals surface area (Å²) < 4.78 is 2.35. The number of benzene rings is 2. The van der Waals surface area contributed by atoms with Crippen LogP contribution in [0.5, 0.6) is 0 Å². The van der Waals surface area contributed by atoms with Crippen LogP contribution in [0, 0.1) is 12.8 Å². The predicted octanol–water partition coefficient (Wildman–Crippen LogP) is 4.99. The highest BCUT2D eigenvalue weighted by atomic mass is 16.1. The number of amides is 1. The van der Waals surface area contributed by atoms with Crippen LogP contribution in [0.15, 0.2) is 48.5 Å². The van der Waals surface area contributed by atoms with Gasteiger partial charge < -0.3 is 19.7 Å². The molecule has 1 N–H and O–H groups in total. The summed E-state index contributed by atoms with van der Waals surface area (Å²) in [6.45, 7) is 10.1. The molecule has 2 fully saturated rings. The van der Waals surface area contributed by atoms with Crippen molar-refractivity contribution in [1.82, 2.24) is 19.8 Å². The van der Waals surface area contributed by atoms with E-state index in [4.69, 9.17) is 4.98 Å². The van der Waals surface area contributed by atoms with Crippen LogP contribution in [0.2, 0.25) is 0 Å². The third-order valence-corrected chi connectivity index (χ3v) is 8.23. The van der Waals surface area contributed by atoms with Crippen LogP contribution in [0.1, 0.15) is 56.6 Å². The Labute approximate surface area is 215 Å². The molecule has 1 atom stereocenters. The molecule has 0 spiro atoms. The molecule has 6 heteroatoms. The summed E-state index contributed by atoms with van der Waals surface area (Å²) >= 11 is 0. The van der Waals surface area contributed by atoms with Gasteiger partial charge in [0.25, 0.3) is 0 Å². The fourth-order valence-electron chi connectivity index (χ4n) is 5.89. The van der Waals surface area contributed by atoms with Gasteiger partial charge >= 0.3 is 0 Å². The van der Waals surface area contributed by atoms with Crippen molar-refractivity contribution in [3.63, 3.8) is 0 Å². The molecule has 36 heavy (non-hydrogen) atoms. The summed E-state index contributed by atoms with van der Waals surface area (Å²) in [6.07, 6.45) is 6.77. The lowest BCUT2D eigenvalue weighted by atomic mass is 9.96. The van der Waals surface area contributed by atoms with E-state index in [0.717, 1.165) is 63.5 Å². The highest BCUT2D eigenvalue weighted by Gasteiger charge is 2.28. The lowest BCUT2D eigenvalue weighted by molar-refractivity contribution is -0.125. The number of carbonyl (C=O) groups is 1. The lowest BCUT2D eigenvalue weighted by Crippen LogP contribution is -2.42. The molecule has 3 heterocycles. The molecule has 0 saturated carbocycles. The zero-order valence-corrected chi connectivity index (χ0v) is 22.0. The van der Waals surface area contributed by atoms with E-state index in [1.807, 2.05) is 0 Å². The Balaban J connectivity index is 1.18. The van der Waals surface area contributed by atoms with Gasteiger partial charge in [-0.1, -0.05) is 42.8 Å². The third-order valence-electron chi connectivity index (χ3n) is 8.23. The molecule has 1 aromatic heterocycles. The zero-order chi connectivity index (χ0) is 24.9. The number of aryl methyl sites for hydroxylation is 1. The molecular formula is C30H41N5O. The second-order valence-electron chi connectivity index (χ2n) is 10.7.